The van der Waals surface area contributed by atoms with E-state index in [1.165, 1.54) is 23.9 Å². The largest absolute Gasteiger partial charge is 0.496 e. The van der Waals surface area contributed by atoms with Crippen LogP contribution in [0.15, 0.2) is 41.6 Å². The normalized spacial score (nSPS) is 11.6. The summed E-state index contributed by atoms with van der Waals surface area (Å²) in [4.78, 5) is 27.8. The van der Waals surface area contributed by atoms with E-state index in [1.54, 1.807) is 13.2 Å². The highest BCUT2D eigenvalue weighted by Crippen LogP contribution is 2.34. The van der Waals surface area contributed by atoms with Gasteiger partial charge in [-0.05, 0) is 58.9 Å². The zero-order chi connectivity index (χ0) is 24.3. The van der Waals surface area contributed by atoms with Crippen molar-refractivity contribution >= 4 is 40.2 Å². The molecule has 0 bridgehead atoms. The van der Waals surface area contributed by atoms with Crippen LogP contribution in [0.4, 0.5) is 16.2 Å². The van der Waals surface area contributed by atoms with Gasteiger partial charge in [0.05, 0.1) is 23.1 Å². The van der Waals surface area contributed by atoms with Crippen molar-refractivity contribution in [2.45, 2.75) is 57.1 Å². The smallest absolute Gasteiger partial charge is 0.319 e. The summed E-state index contributed by atoms with van der Waals surface area (Å²) >= 11 is 1.48. The standard InChI is InChI=1S/C23H29N5O4S/c1-14(2)27-19-9-7-16(24-21(29)26-23(3,4)5)12-18(19)25-22(27)33-13-15-11-17(28(30)31)8-10-20(15)32-6/h7-12,14H,13H2,1-6H3,(H2,24,26,29). The SMILES string of the molecule is COc1ccc([N+](=O)[O-])cc1CSc1nc2cc(NC(=O)NC(C)(C)C)ccc2n1C(C)C. The molecule has 0 spiro atoms. The number of imidazole rings is 1. The van der Waals surface area contributed by atoms with Crippen LogP contribution in [0.5, 0.6) is 5.75 Å². The Balaban J connectivity index is 1.89. The number of methoxy groups -OCH3 is 1. The quantitative estimate of drug-likeness (QED) is 0.258. The van der Waals surface area contributed by atoms with Crippen molar-refractivity contribution < 1.29 is 14.5 Å². The summed E-state index contributed by atoms with van der Waals surface area (Å²) in [7, 11) is 1.54. The molecule has 3 rings (SSSR count). The highest BCUT2D eigenvalue weighted by Gasteiger charge is 2.18. The lowest BCUT2D eigenvalue weighted by Crippen LogP contribution is -2.43. The molecule has 1 heterocycles. The number of nitrogens with zero attached hydrogens (tertiary/aromatic N) is 3. The highest BCUT2D eigenvalue weighted by atomic mass is 32.2. The molecule has 0 unspecified atom stereocenters. The number of thioether (sulfide) groups is 1. The molecule has 0 saturated carbocycles. The second-order valence-corrected chi connectivity index (χ2v) is 9.88. The first-order valence-electron chi connectivity index (χ1n) is 10.5. The van der Waals surface area contributed by atoms with Crippen LogP contribution in [0.2, 0.25) is 0 Å². The average Bonchev–Trinajstić information content (AvgIpc) is 3.08. The van der Waals surface area contributed by atoms with Crippen LogP contribution in [0.1, 0.15) is 46.2 Å². The Kier molecular flexibility index (Phi) is 7.16. The third-order valence-corrected chi connectivity index (χ3v) is 5.75. The number of amides is 2. The zero-order valence-electron chi connectivity index (χ0n) is 19.6. The number of ether oxygens (including phenoxy) is 1. The van der Waals surface area contributed by atoms with Crippen molar-refractivity contribution in [2.24, 2.45) is 0 Å². The van der Waals surface area contributed by atoms with Crippen LogP contribution >= 0.6 is 11.8 Å². The first kappa shape index (κ1) is 24.4. The molecule has 33 heavy (non-hydrogen) atoms. The van der Waals surface area contributed by atoms with E-state index in [2.05, 4.69) is 29.0 Å². The Bertz CT molecular complexity index is 1180. The van der Waals surface area contributed by atoms with Crippen molar-refractivity contribution in [3.63, 3.8) is 0 Å². The van der Waals surface area contributed by atoms with Gasteiger partial charge in [0.2, 0.25) is 0 Å². The number of non-ortho nitro benzene ring substituents is 1. The molecule has 0 atom stereocenters. The first-order chi connectivity index (χ1) is 15.5. The van der Waals surface area contributed by atoms with Crippen LogP contribution in [-0.2, 0) is 5.75 Å². The van der Waals surface area contributed by atoms with Crippen molar-refractivity contribution in [3.8, 4) is 5.75 Å². The van der Waals surface area contributed by atoms with E-state index in [4.69, 9.17) is 9.72 Å². The molecule has 0 saturated heterocycles. The van der Waals surface area contributed by atoms with Crippen LogP contribution in [0.25, 0.3) is 11.0 Å². The van der Waals surface area contributed by atoms with Gasteiger partial charge in [0.15, 0.2) is 5.16 Å². The molecule has 176 valence electrons. The predicted molar refractivity (Wildman–Crippen MR) is 131 cm³/mol. The summed E-state index contributed by atoms with van der Waals surface area (Å²) in [5.74, 6) is 1.05. The fourth-order valence-electron chi connectivity index (χ4n) is 3.39. The average molecular weight is 472 g/mol. The maximum absolute atomic E-state index is 12.2. The second-order valence-electron chi connectivity index (χ2n) is 8.93. The van der Waals surface area contributed by atoms with E-state index < -0.39 is 4.92 Å². The lowest BCUT2D eigenvalue weighted by atomic mass is 10.1. The Hall–Kier alpha value is -3.27. The van der Waals surface area contributed by atoms with Gasteiger partial charge in [0.1, 0.15) is 5.75 Å². The van der Waals surface area contributed by atoms with Crippen molar-refractivity contribution in [1.29, 1.82) is 0 Å². The van der Waals surface area contributed by atoms with Crippen LogP contribution < -0.4 is 15.4 Å². The van der Waals surface area contributed by atoms with E-state index in [1.807, 2.05) is 39.0 Å². The van der Waals surface area contributed by atoms with Gasteiger partial charge in [-0.25, -0.2) is 9.78 Å². The van der Waals surface area contributed by atoms with Gasteiger partial charge in [-0.15, -0.1) is 0 Å². The van der Waals surface area contributed by atoms with Gasteiger partial charge in [0, 0.05) is 40.7 Å². The number of nitro benzene ring substituents is 1. The topological polar surface area (TPSA) is 111 Å². The van der Waals surface area contributed by atoms with Crippen molar-refractivity contribution in [1.82, 2.24) is 14.9 Å². The van der Waals surface area contributed by atoms with E-state index >= 15 is 0 Å². The van der Waals surface area contributed by atoms with Gasteiger partial charge in [-0.3, -0.25) is 10.1 Å². The number of nitro groups is 1. The predicted octanol–water partition coefficient (Wildman–Crippen LogP) is 5.75. The number of hydrogen-bond acceptors (Lipinski definition) is 6. The minimum atomic E-state index is -0.415. The molecule has 2 amide bonds. The van der Waals surface area contributed by atoms with Gasteiger partial charge >= 0.3 is 6.03 Å². The summed E-state index contributed by atoms with van der Waals surface area (Å²) in [6, 6.07) is 10.1. The molecule has 0 fully saturated rings. The van der Waals surface area contributed by atoms with Crippen molar-refractivity contribution in [3.05, 3.63) is 52.1 Å². The summed E-state index contributed by atoms with van der Waals surface area (Å²) in [5.41, 5.74) is 2.75. The maximum Gasteiger partial charge on any atom is 0.319 e. The molecule has 0 aliphatic rings. The first-order valence-corrected chi connectivity index (χ1v) is 11.5. The Morgan fingerprint density at radius 2 is 1.97 bits per heavy atom. The molecule has 2 N–H and O–H groups in total. The fraction of sp³-hybridized carbons (Fsp3) is 0.391. The van der Waals surface area contributed by atoms with Crippen LogP contribution in [0.3, 0.4) is 0 Å². The number of hydrogen-bond donors (Lipinski definition) is 2. The van der Waals surface area contributed by atoms with Crippen LogP contribution in [0, 0.1) is 10.1 Å². The Morgan fingerprint density at radius 3 is 2.58 bits per heavy atom. The Morgan fingerprint density at radius 1 is 1.24 bits per heavy atom. The number of nitrogens with one attached hydrogen (secondary N) is 2. The third kappa shape index (κ3) is 5.95. The monoisotopic (exact) mass is 471 g/mol. The molecule has 0 aliphatic carbocycles. The summed E-state index contributed by atoms with van der Waals surface area (Å²) < 4.78 is 7.50. The number of urea groups is 1. The van der Waals surface area contributed by atoms with Gasteiger partial charge in [0.25, 0.3) is 5.69 Å². The minimum Gasteiger partial charge on any atom is -0.496 e. The molecule has 9 nitrogen and oxygen atoms in total. The zero-order valence-corrected chi connectivity index (χ0v) is 20.4. The fourth-order valence-corrected chi connectivity index (χ4v) is 4.51. The summed E-state index contributed by atoms with van der Waals surface area (Å²) in [5, 5.41) is 17.7. The van der Waals surface area contributed by atoms with Gasteiger partial charge < -0.3 is 19.9 Å². The molecule has 0 aliphatic heterocycles. The van der Waals surface area contributed by atoms with E-state index in [9.17, 15) is 14.9 Å². The number of carbonyl (C=O) groups is 1. The maximum atomic E-state index is 12.2. The minimum absolute atomic E-state index is 0.0213. The highest BCUT2D eigenvalue weighted by molar-refractivity contribution is 7.98. The molecule has 10 heteroatoms. The third-order valence-electron chi connectivity index (χ3n) is 4.75. The molecule has 1 aromatic heterocycles. The number of fused-ring (bicyclic) bond motifs is 1. The molecule has 0 radical (unpaired) electrons. The number of anilines is 1. The Labute approximate surface area is 197 Å². The van der Waals surface area contributed by atoms with E-state index in [0.29, 0.717) is 17.2 Å². The van der Waals surface area contributed by atoms with Gasteiger partial charge in [-0.1, -0.05) is 11.8 Å². The lowest BCUT2D eigenvalue weighted by molar-refractivity contribution is -0.384. The van der Waals surface area contributed by atoms with Crippen LogP contribution in [-0.4, -0.2) is 33.2 Å². The number of rotatable bonds is 7. The van der Waals surface area contributed by atoms with Gasteiger partial charge in [-0.2, -0.15) is 0 Å². The molecular weight excluding hydrogens is 442 g/mol. The number of aromatic nitrogens is 2. The number of carbonyl (C=O) groups excluding carboxylic acids is 1. The summed E-state index contributed by atoms with van der Waals surface area (Å²) in [6.45, 7) is 9.89. The lowest BCUT2D eigenvalue weighted by Gasteiger charge is -2.20. The van der Waals surface area contributed by atoms with E-state index in [0.717, 1.165) is 21.8 Å². The molecular formula is C23H29N5O4S. The summed E-state index contributed by atoms with van der Waals surface area (Å²) in [6.07, 6.45) is 0. The van der Waals surface area contributed by atoms with E-state index in [-0.39, 0.29) is 23.3 Å². The molecule has 2 aromatic carbocycles. The molecule has 3 aromatic rings. The van der Waals surface area contributed by atoms with Crippen molar-refractivity contribution in [2.75, 3.05) is 12.4 Å². The number of benzene rings is 2. The second kappa shape index (κ2) is 9.70.